The summed E-state index contributed by atoms with van der Waals surface area (Å²) in [6.45, 7) is 5.30. The second-order valence-corrected chi connectivity index (χ2v) is 6.21. The zero-order chi connectivity index (χ0) is 16.4. The van der Waals surface area contributed by atoms with Crippen LogP contribution in [0, 0.1) is 6.92 Å². The van der Waals surface area contributed by atoms with Gasteiger partial charge in [0.2, 0.25) is 5.95 Å². The number of hydrogen-bond acceptors (Lipinski definition) is 5. The van der Waals surface area contributed by atoms with Gasteiger partial charge >= 0.3 is 0 Å². The van der Waals surface area contributed by atoms with Gasteiger partial charge in [0.25, 0.3) is 0 Å². The van der Waals surface area contributed by atoms with Crippen LogP contribution < -0.4 is 4.90 Å². The molecule has 5 heteroatoms. The Hall–Kier alpha value is -2.53. The van der Waals surface area contributed by atoms with Gasteiger partial charge in [-0.25, -0.2) is 9.97 Å². The number of aryl methyl sites for hydroxylation is 1. The van der Waals surface area contributed by atoms with Gasteiger partial charge in [-0.05, 0) is 36.2 Å². The first-order valence-electron chi connectivity index (χ1n) is 8.27. The summed E-state index contributed by atoms with van der Waals surface area (Å²) in [6, 6.07) is 8.52. The van der Waals surface area contributed by atoms with E-state index in [0.29, 0.717) is 0 Å². The van der Waals surface area contributed by atoms with E-state index in [0.717, 1.165) is 49.8 Å². The van der Waals surface area contributed by atoms with Crippen molar-refractivity contribution in [3.05, 3.63) is 59.5 Å². The third kappa shape index (κ3) is 3.21. The molecule has 3 aromatic rings. The van der Waals surface area contributed by atoms with Crippen LogP contribution in [0.5, 0.6) is 0 Å². The molecule has 0 atom stereocenters. The monoisotopic (exact) mass is 320 g/mol. The van der Waals surface area contributed by atoms with Gasteiger partial charge in [-0.1, -0.05) is 11.6 Å². The Morgan fingerprint density at radius 1 is 0.958 bits per heavy atom. The van der Waals surface area contributed by atoms with Crippen molar-refractivity contribution in [1.82, 2.24) is 15.0 Å². The summed E-state index contributed by atoms with van der Waals surface area (Å²) in [4.78, 5) is 15.7. The summed E-state index contributed by atoms with van der Waals surface area (Å²) < 4.78 is 5.36. The van der Waals surface area contributed by atoms with Gasteiger partial charge < -0.3 is 9.64 Å². The largest absolute Gasteiger partial charge is 0.378 e. The standard InChI is InChI=1S/C19H20N4O/c1-14-2-3-18-17(8-14)10-15(11-20-18)9-16-12-21-19(22-13-16)23-4-6-24-7-5-23/h2-3,8,10-13H,4-7,9H2,1H3. The highest BCUT2D eigenvalue weighted by Crippen LogP contribution is 2.18. The first kappa shape index (κ1) is 15.0. The molecule has 1 saturated heterocycles. The number of pyridine rings is 1. The van der Waals surface area contributed by atoms with Crippen LogP contribution in [0.15, 0.2) is 42.9 Å². The molecule has 24 heavy (non-hydrogen) atoms. The lowest BCUT2D eigenvalue weighted by atomic mass is 10.1. The SMILES string of the molecule is Cc1ccc2ncc(Cc3cnc(N4CCOCC4)nc3)cc2c1. The van der Waals surface area contributed by atoms with E-state index in [-0.39, 0.29) is 0 Å². The number of anilines is 1. The molecule has 1 fully saturated rings. The van der Waals surface area contributed by atoms with Crippen molar-refractivity contribution in [2.75, 3.05) is 31.2 Å². The summed E-state index contributed by atoms with van der Waals surface area (Å²) >= 11 is 0. The van der Waals surface area contributed by atoms with Crippen LogP contribution in [0.3, 0.4) is 0 Å². The second-order valence-electron chi connectivity index (χ2n) is 6.21. The topological polar surface area (TPSA) is 51.1 Å². The minimum Gasteiger partial charge on any atom is -0.378 e. The van der Waals surface area contributed by atoms with Crippen molar-refractivity contribution >= 4 is 16.9 Å². The molecule has 5 nitrogen and oxygen atoms in total. The molecule has 1 aliphatic rings. The molecular weight excluding hydrogens is 300 g/mol. The molecule has 4 rings (SSSR count). The molecule has 0 spiro atoms. The summed E-state index contributed by atoms with van der Waals surface area (Å²) in [5.41, 5.74) is 4.56. The third-order valence-electron chi connectivity index (χ3n) is 4.29. The Bertz CT molecular complexity index is 842. The molecule has 1 aliphatic heterocycles. The average molecular weight is 320 g/mol. The molecule has 0 radical (unpaired) electrons. The number of ether oxygens (including phenoxy) is 1. The van der Waals surface area contributed by atoms with Gasteiger partial charge in [0.1, 0.15) is 0 Å². The fourth-order valence-electron chi connectivity index (χ4n) is 2.99. The van der Waals surface area contributed by atoms with E-state index >= 15 is 0 Å². The average Bonchev–Trinajstić information content (AvgIpc) is 2.63. The molecular formula is C19H20N4O. The van der Waals surface area contributed by atoms with Crippen LogP contribution in [0.1, 0.15) is 16.7 Å². The molecule has 2 aromatic heterocycles. The minimum atomic E-state index is 0.743. The van der Waals surface area contributed by atoms with Crippen LogP contribution in [-0.4, -0.2) is 41.3 Å². The molecule has 0 amide bonds. The summed E-state index contributed by atoms with van der Waals surface area (Å²) in [7, 11) is 0. The Labute approximate surface area is 141 Å². The highest BCUT2D eigenvalue weighted by Gasteiger charge is 2.13. The van der Waals surface area contributed by atoms with E-state index in [1.807, 2.05) is 18.6 Å². The highest BCUT2D eigenvalue weighted by atomic mass is 16.5. The van der Waals surface area contributed by atoms with E-state index in [9.17, 15) is 0 Å². The van der Waals surface area contributed by atoms with Crippen molar-refractivity contribution in [3.63, 3.8) is 0 Å². The fraction of sp³-hybridized carbons (Fsp3) is 0.316. The molecule has 0 bridgehead atoms. The Morgan fingerprint density at radius 2 is 1.71 bits per heavy atom. The van der Waals surface area contributed by atoms with Crippen LogP contribution in [0.2, 0.25) is 0 Å². The zero-order valence-corrected chi connectivity index (χ0v) is 13.8. The maximum atomic E-state index is 5.36. The fourth-order valence-corrected chi connectivity index (χ4v) is 2.99. The number of nitrogens with zero attached hydrogens (tertiary/aromatic N) is 4. The summed E-state index contributed by atoms with van der Waals surface area (Å²) in [6.07, 6.45) is 6.56. The van der Waals surface area contributed by atoms with E-state index < -0.39 is 0 Å². The van der Waals surface area contributed by atoms with Crippen molar-refractivity contribution in [1.29, 1.82) is 0 Å². The molecule has 122 valence electrons. The number of morpholine rings is 1. The normalized spacial score (nSPS) is 15.0. The van der Waals surface area contributed by atoms with Crippen LogP contribution in [0.4, 0.5) is 5.95 Å². The van der Waals surface area contributed by atoms with E-state index in [2.05, 4.69) is 51.0 Å². The number of hydrogen-bond donors (Lipinski definition) is 0. The zero-order valence-electron chi connectivity index (χ0n) is 13.8. The lowest BCUT2D eigenvalue weighted by Crippen LogP contribution is -2.37. The molecule has 3 heterocycles. The lowest BCUT2D eigenvalue weighted by Gasteiger charge is -2.26. The number of aromatic nitrogens is 3. The predicted octanol–water partition coefficient (Wildman–Crippen LogP) is 2.76. The Balaban J connectivity index is 1.52. The van der Waals surface area contributed by atoms with Crippen molar-refractivity contribution in [2.24, 2.45) is 0 Å². The highest BCUT2D eigenvalue weighted by molar-refractivity contribution is 5.79. The van der Waals surface area contributed by atoms with E-state index in [1.165, 1.54) is 16.5 Å². The number of benzene rings is 1. The first-order valence-corrected chi connectivity index (χ1v) is 8.27. The smallest absolute Gasteiger partial charge is 0.225 e. The molecule has 1 aromatic carbocycles. The van der Waals surface area contributed by atoms with Gasteiger partial charge in [-0.2, -0.15) is 0 Å². The van der Waals surface area contributed by atoms with Crippen LogP contribution >= 0.6 is 0 Å². The van der Waals surface area contributed by atoms with Gasteiger partial charge in [0.15, 0.2) is 0 Å². The van der Waals surface area contributed by atoms with Crippen LogP contribution in [0.25, 0.3) is 10.9 Å². The van der Waals surface area contributed by atoms with Crippen molar-refractivity contribution in [2.45, 2.75) is 13.3 Å². The third-order valence-corrected chi connectivity index (χ3v) is 4.29. The van der Waals surface area contributed by atoms with Crippen molar-refractivity contribution < 1.29 is 4.74 Å². The molecule has 0 saturated carbocycles. The van der Waals surface area contributed by atoms with Crippen LogP contribution in [-0.2, 0) is 11.2 Å². The maximum Gasteiger partial charge on any atom is 0.225 e. The van der Waals surface area contributed by atoms with Gasteiger partial charge in [-0.3, -0.25) is 4.98 Å². The van der Waals surface area contributed by atoms with E-state index in [4.69, 9.17) is 4.74 Å². The van der Waals surface area contributed by atoms with Gasteiger partial charge in [0, 0.05) is 43.5 Å². The Kier molecular flexibility index (Phi) is 4.09. The first-order chi connectivity index (χ1) is 11.8. The minimum absolute atomic E-state index is 0.743. The maximum absolute atomic E-state index is 5.36. The second kappa shape index (κ2) is 6.53. The van der Waals surface area contributed by atoms with Gasteiger partial charge in [0.05, 0.1) is 18.7 Å². The quantitative estimate of drug-likeness (QED) is 0.743. The lowest BCUT2D eigenvalue weighted by molar-refractivity contribution is 0.122. The number of rotatable bonds is 3. The van der Waals surface area contributed by atoms with Gasteiger partial charge in [-0.15, -0.1) is 0 Å². The number of fused-ring (bicyclic) bond motifs is 1. The molecule has 0 aliphatic carbocycles. The van der Waals surface area contributed by atoms with Crippen molar-refractivity contribution in [3.8, 4) is 0 Å². The van der Waals surface area contributed by atoms with E-state index in [1.54, 1.807) is 0 Å². The summed E-state index contributed by atoms with van der Waals surface area (Å²) in [5.74, 6) is 0.786. The molecule has 0 unspecified atom stereocenters. The summed E-state index contributed by atoms with van der Waals surface area (Å²) in [5, 5.41) is 1.18. The molecule has 0 N–H and O–H groups in total. The Morgan fingerprint density at radius 3 is 2.50 bits per heavy atom. The predicted molar refractivity (Wildman–Crippen MR) is 94.4 cm³/mol.